The molecule has 0 aromatic heterocycles. The highest BCUT2D eigenvalue weighted by molar-refractivity contribution is 7.89. The molecule has 0 aliphatic rings. The van der Waals surface area contributed by atoms with Crippen molar-refractivity contribution in [2.24, 2.45) is 0 Å². The highest BCUT2D eigenvalue weighted by Crippen LogP contribution is 2.16. The number of nitro benzene ring substituents is 1. The first kappa shape index (κ1) is 22.3. The summed E-state index contributed by atoms with van der Waals surface area (Å²) in [5, 5.41) is 16.3. The van der Waals surface area contributed by atoms with Crippen molar-refractivity contribution in [3.05, 3.63) is 63.7 Å². The maximum Gasteiger partial charge on any atom is 0.269 e. The Labute approximate surface area is 169 Å². The molecule has 3 N–H and O–H groups in total. The summed E-state index contributed by atoms with van der Waals surface area (Å²) in [5.41, 5.74) is 2.33. The highest BCUT2D eigenvalue weighted by Gasteiger charge is 2.16. The molecule has 0 saturated carbocycles. The van der Waals surface area contributed by atoms with E-state index in [0.717, 1.165) is 5.56 Å². The van der Waals surface area contributed by atoms with Gasteiger partial charge in [0.1, 0.15) is 0 Å². The maximum absolute atomic E-state index is 12.3. The van der Waals surface area contributed by atoms with Gasteiger partial charge in [-0.1, -0.05) is 17.7 Å². The number of amides is 1. The van der Waals surface area contributed by atoms with Gasteiger partial charge in [0.25, 0.3) is 5.69 Å². The molecule has 0 aliphatic heterocycles. The van der Waals surface area contributed by atoms with Crippen molar-refractivity contribution < 1.29 is 18.1 Å². The number of anilines is 1. The van der Waals surface area contributed by atoms with Crippen molar-refractivity contribution in [2.75, 3.05) is 25.0 Å². The van der Waals surface area contributed by atoms with Crippen molar-refractivity contribution >= 4 is 27.3 Å². The third-order valence-corrected chi connectivity index (χ3v) is 5.74. The molecular weight excluding hydrogens is 396 g/mol. The second-order valence-electron chi connectivity index (χ2n) is 6.50. The molecule has 2 aromatic carbocycles. The van der Waals surface area contributed by atoms with Gasteiger partial charge in [-0.3, -0.25) is 14.9 Å². The summed E-state index contributed by atoms with van der Waals surface area (Å²) >= 11 is 0. The lowest BCUT2D eigenvalue weighted by atomic mass is 10.2. The van der Waals surface area contributed by atoms with Crippen LogP contribution in [0.2, 0.25) is 0 Å². The average molecular weight is 420 g/mol. The van der Waals surface area contributed by atoms with E-state index < -0.39 is 14.9 Å². The Balaban J connectivity index is 1.69. The molecule has 2 rings (SSSR count). The lowest BCUT2D eigenvalue weighted by Gasteiger charge is -2.10. The molecule has 0 atom stereocenters. The fourth-order valence-electron chi connectivity index (χ4n) is 2.68. The van der Waals surface area contributed by atoms with Gasteiger partial charge in [0.15, 0.2) is 0 Å². The van der Waals surface area contributed by atoms with Crippen molar-refractivity contribution in [1.82, 2.24) is 10.0 Å². The van der Waals surface area contributed by atoms with Crippen LogP contribution in [0.15, 0.2) is 47.4 Å². The summed E-state index contributed by atoms with van der Waals surface area (Å²) in [7, 11) is -3.66. The number of benzene rings is 2. The van der Waals surface area contributed by atoms with Gasteiger partial charge in [0.05, 0.1) is 9.82 Å². The van der Waals surface area contributed by atoms with Gasteiger partial charge in [-0.25, -0.2) is 13.1 Å². The normalized spacial score (nSPS) is 11.1. The van der Waals surface area contributed by atoms with Crippen molar-refractivity contribution in [3.8, 4) is 0 Å². The van der Waals surface area contributed by atoms with Crippen LogP contribution >= 0.6 is 0 Å². The van der Waals surface area contributed by atoms with Crippen LogP contribution in [0.25, 0.3) is 0 Å². The van der Waals surface area contributed by atoms with E-state index in [1.54, 1.807) is 37.3 Å². The minimum atomic E-state index is -3.66. The second-order valence-corrected chi connectivity index (χ2v) is 8.23. The zero-order chi connectivity index (χ0) is 21.4. The van der Waals surface area contributed by atoms with E-state index in [-0.39, 0.29) is 29.5 Å². The molecule has 0 spiro atoms. The molecule has 0 bridgehead atoms. The average Bonchev–Trinajstić information content (AvgIpc) is 2.65. The van der Waals surface area contributed by atoms with E-state index in [2.05, 4.69) is 15.4 Å². The second kappa shape index (κ2) is 9.99. The fourth-order valence-corrected chi connectivity index (χ4v) is 3.93. The van der Waals surface area contributed by atoms with Gasteiger partial charge in [-0.05, 0) is 37.6 Å². The largest absolute Gasteiger partial charge is 0.383 e. The molecule has 0 aliphatic carbocycles. The molecule has 0 heterocycles. The molecule has 2 aromatic rings. The van der Waals surface area contributed by atoms with Gasteiger partial charge < -0.3 is 10.6 Å². The van der Waals surface area contributed by atoms with Crippen LogP contribution in [0.1, 0.15) is 17.5 Å². The third kappa shape index (κ3) is 6.84. The number of carbonyl (C=O) groups is 1. The Morgan fingerprint density at radius 1 is 1.03 bits per heavy atom. The summed E-state index contributed by atoms with van der Waals surface area (Å²) in [6.45, 7) is 4.37. The molecule has 9 nitrogen and oxygen atoms in total. The monoisotopic (exact) mass is 420 g/mol. The van der Waals surface area contributed by atoms with Crippen LogP contribution in [-0.4, -0.2) is 38.9 Å². The number of carbonyl (C=O) groups excluding carboxylic acids is 1. The van der Waals surface area contributed by atoms with E-state index in [1.807, 2.05) is 6.92 Å². The predicted octanol–water partition coefficient (Wildman–Crippen LogP) is 2.11. The van der Waals surface area contributed by atoms with Crippen LogP contribution in [-0.2, 0) is 14.8 Å². The first-order valence-corrected chi connectivity index (χ1v) is 10.5. The van der Waals surface area contributed by atoms with Gasteiger partial charge in [-0.15, -0.1) is 0 Å². The van der Waals surface area contributed by atoms with Crippen molar-refractivity contribution in [1.29, 1.82) is 0 Å². The molecule has 0 fully saturated rings. The number of sulfonamides is 1. The van der Waals surface area contributed by atoms with Crippen LogP contribution < -0.4 is 15.4 Å². The smallest absolute Gasteiger partial charge is 0.269 e. The Morgan fingerprint density at radius 2 is 1.72 bits per heavy atom. The summed E-state index contributed by atoms with van der Waals surface area (Å²) in [5.74, 6) is -0.279. The first-order chi connectivity index (χ1) is 13.7. The standard InChI is InChI=1S/C19H24N4O5S/c1-14-3-8-18(15(2)13-14)29(27,28)22-10-9-19(24)21-12-11-20-16-4-6-17(7-5-16)23(25)26/h3-8,13,20,22H,9-12H2,1-2H3,(H,21,24). The van der Waals surface area contributed by atoms with Gasteiger partial charge >= 0.3 is 0 Å². The number of nitrogens with one attached hydrogen (secondary N) is 3. The lowest BCUT2D eigenvalue weighted by molar-refractivity contribution is -0.384. The Hall–Kier alpha value is -2.98. The highest BCUT2D eigenvalue weighted by atomic mass is 32.2. The molecule has 29 heavy (non-hydrogen) atoms. The number of aryl methyl sites for hydroxylation is 2. The molecule has 10 heteroatoms. The topological polar surface area (TPSA) is 130 Å². The number of hydrogen-bond donors (Lipinski definition) is 3. The first-order valence-electron chi connectivity index (χ1n) is 9.01. The SMILES string of the molecule is Cc1ccc(S(=O)(=O)NCCC(=O)NCCNc2ccc([N+](=O)[O-])cc2)c(C)c1. The fraction of sp³-hybridized carbons (Fsp3) is 0.316. The van der Waals surface area contributed by atoms with E-state index in [4.69, 9.17) is 0 Å². The van der Waals surface area contributed by atoms with Crippen LogP contribution in [0.3, 0.4) is 0 Å². The van der Waals surface area contributed by atoms with E-state index in [1.165, 1.54) is 12.1 Å². The molecule has 1 amide bonds. The summed E-state index contributed by atoms with van der Waals surface area (Å²) in [6.07, 6.45) is 0.0155. The summed E-state index contributed by atoms with van der Waals surface area (Å²) in [6, 6.07) is 11.0. The van der Waals surface area contributed by atoms with Crippen molar-refractivity contribution in [2.45, 2.75) is 25.2 Å². The van der Waals surface area contributed by atoms with Crippen LogP contribution in [0.4, 0.5) is 11.4 Å². The minimum Gasteiger partial charge on any atom is -0.383 e. The van der Waals surface area contributed by atoms with Crippen LogP contribution in [0.5, 0.6) is 0 Å². The zero-order valence-corrected chi connectivity index (χ0v) is 17.1. The zero-order valence-electron chi connectivity index (χ0n) is 16.3. The van der Waals surface area contributed by atoms with E-state index in [9.17, 15) is 23.3 Å². The van der Waals surface area contributed by atoms with Gasteiger partial charge in [0.2, 0.25) is 15.9 Å². The lowest BCUT2D eigenvalue weighted by Crippen LogP contribution is -2.33. The summed E-state index contributed by atoms with van der Waals surface area (Å²) < 4.78 is 27.1. The summed E-state index contributed by atoms with van der Waals surface area (Å²) in [4.78, 5) is 22.2. The number of nitro groups is 1. The third-order valence-electron chi connectivity index (χ3n) is 4.12. The number of non-ortho nitro benzene ring substituents is 1. The van der Waals surface area contributed by atoms with Gasteiger partial charge in [0, 0.05) is 43.9 Å². The molecule has 0 radical (unpaired) electrons. The van der Waals surface area contributed by atoms with Crippen molar-refractivity contribution in [3.63, 3.8) is 0 Å². The molecule has 156 valence electrons. The Morgan fingerprint density at radius 3 is 2.34 bits per heavy atom. The van der Waals surface area contributed by atoms with E-state index >= 15 is 0 Å². The molecular formula is C19H24N4O5S. The molecule has 0 saturated heterocycles. The van der Waals surface area contributed by atoms with Crippen LogP contribution in [0, 0.1) is 24.0 Å². The minimum absolute atomic E-state index is 0.00271. The molecule has 0 unspecified atom stereocenters. The predicted molar refractivity (Wildman–Crippen MR) is 110 cm³/mol. The van der Waals surface area contributed by atoms with Gasteiger partial charge in [-0.2, -0.15) is 0 Å². The quantitative estimate of drug-likeness (QED) is 0.307. The number of hydrogen-bond acceptors (Lipinski definition) is 6. The number of nitrogens with zero attached hydrogens (tertiary/aromatic N) is 1. The van der Waals surface area contributed by atoms with E-state index in [0.29, 0.717) is 24.3 Å². The Kier molecular flexibility index (Phi) is 7.68. The maximum atomic E-state index is 12.3. The Bertz CT molecular complexity index is 975. The number of rotatable bonds is 10.